The van der Waals surface area contributed by atoms with E-state index in [-0.39, 0.29) is 0 Å². The fraction of sp³-hybridized carbons (Fsp3) is 0.250. The smallest absolute Gasteiger partial charge is 0.223 e. The van der Waals surface area contributed by atoms with E-state index in [1.54, 1.807) is 6.20 Å². The lowest BCUT2D eigenvalue weighted by molar-refractivity contribution is 0.781. The summed E-state index contributed by atoms with van der Waals surface area (Å²) in [6.45, 7) is 1.97. The second kappa shape index (κ2) is 5.59. The van der Waals surface area contributed by atoms with Crippen LogP contribution >= 0.6 is 11.6 Å². The van der Waals surface area contributed by atoms with Gasteiger partial charge in [0, 0.05) is 35.2 Å². The molecule has 1 fully saturated rings. The standard InChI is InChI=1S/C16H16ClN5/c17-13-9-20-16(21-10-5-6-18-7-10)22-15(13)12-8-19-14-4-2-1-3-11(12)14/h1-4,8-10,18-19H,5-7H2,(H,20,21,22)/t10-/m0/s1. The molecule has 0 bridgehead atoms. The first-order valence-electron chi connectivity index (χ1n) is 7.37. The van der Waals surface area contributed by atoms with Crippen molar-refractivity contribution in [3.8, 4) is 11.3 Å². The highest BCUT2D eigenvalue weighted by Crippen LogP contribution is 2.32. The molecule has 1 aliphatic heterocycles. The van der Waals surface area contributed by atoms with Gasteiger partial charge in [0.2, 0.25) is 5.95 Å². The van der Waals surface area contributed by atoms with Gasteiger partial charge in [-0.15, -0.1) is 0 Å². The van der Waals surface area contributed by atoms with Crippen molar-refractivity contribution in [1.29, 1.82) is 0 Å². The van der Waals surface area contributed by atoms with Crippen LogP contribution in [0.15, 0.2) is 36.7 Å². The monoisotopic (exact) mass is 313 g/mol. The van der Waals surface area contributed by atoms with Crippen LogP contribution in [0.25, 0.3) is 22.2 Å². The van der Waals surface area contributed by atoms with E-state index in [2.05, 4.69) is 31.7 Å². The molecule has 1 atom stereocenters. The Bertz CT molecular complexity index is 807. The maximum Gasteiger partial charge on any atom is 0.223 e. The van der Waals surface area contributed by atoms with Crippen LogP contribution in [0.4, 0.5) is 5.95 Å². The Kier molecular flexibility index (Phi) is 3.44. The third kappa shape index (κ3) is 2.42. The molecule has 0 unspecified atom stereocenters. The Labute approximate surface area is 133 Å². The number of H-pyrrole nitrogens is 1. The molecule has 3 aromatic rings. The van der Waals surface area contributed by atoms with Crippen molar-refractivity contribution in [2.45, 2.75) is 12.5 Å². The number of benzene rings is 1. The minimum absolute atomic E-state index is 0.372. The van der Waals surface area contributed by atoms with Crippen LogP contribution < -0.4 is 10.6 Å². The van der Waals surface area contributed by atoms with E-state index in [0.717, 1.165) is 41.7 Å². The number of aromatic amines is 1. The zero-order chi connectivity index (χ0) is 14.9. The number of halogens is 1. The van der Waals surface area contributed by atoms with Crippen LogP contribution in [0, 0.1) is 0 Å². The van der Waals surface area contributed by atoms with Gasteiger partial charge in [-0.25, -0.2) is 9.97 Å². The van der Waals surface area contributed by atoms with Crippen molar-refractivity contribution < 1.29 is 0 Å². The number of aromatic nitrogens is 3. The van der Waals surface area contributed by atoms with Crippen LogP contribution in [0.2, 0.25) is 5.02 Å². The normalized spacial score (nSPS) is 18.0. The van der Waals surface area contributed by atoms with Crippen molar-refractivity contribution in [1.82, 2.24) is 20.3 Å². The van der Waals surface area contributed by atoms with Gasteiger partial charge in [-0.2, -0.15) is 0 Å². The van der Waals surface area contributed by atoms with E-state index >= 15 is 0 Å². The summed E-state index contributed by atoms with van der Waals surface area (Å²) < 4.78 is 0. The minimum atomic E-state index is 0.372. The number of nitrogens with one attached hydrogen (secondary N) is 3. The molecule has 22 heavy (non-hydrogen) atoms. The van der Waals surface area contributed by atoms with Gasteiger partial charge < -0.3 is 15.6 Å². The zero-order valence-electron chi connectivity index (χ0n) is 11.9. The summed E-state index contributed by atoms with van der Waals surface area (Å²) in [6, 6.07) is 8.49. The van der Waals surface area contributed by atoms with Crippen LogP contribution in [0.1, 0.15) is 6.42 Å². The molecule has 3 N–H and O–H groups in total. The zero-order valence-corrected chi connectivity index (χ0v) is 12.7. The largest absolute Gasteiger partial charge is 0.360 e. The second-order valence-electron chi connectivity index (χ2n) is 5.47. The van der Waals surface area contributed by atoms with Gasteiger partial charge in [0.05, 0.1) is 16.9 Å². The van der Waals surface area contributed by atoms with Gasteiger partial charge in [0.25, 0.3) is 0 Å². The van der Waals surface area contributed by atoms with E-state index in [1.165, 1.54) is 0 Å². The molecule has 0 aliphatic carbocycles. The Morgan fingerprint density at radius 1 is 1.27 bits per heavy atom. The van der Waals surface area contributed by atoms with E-state index in [9.17, 15) is 0 Å². The molecule has 3 heterocycles. The number of hydrogen-bond acceptors (Lipinski definition) is 4. The Morgan fingerprint density at radius 2 is 2.18 bits per heavy atom. The van der Waals surface area contributed by atoms with Crippen molar-refractivity contribution in [3.05, 3.63) is 41.7 Å². The van der Waals surface area contributed by atoms with Crippen LogP contribution in [0.3, 0.4) is 0 Å². The number of rotatable bonds is 3. The summed E-state index contributed by atoms with van der Waals surface area (Å²) in [5, 5.41) is 8.35. The average molecular weight is 314 g/mol. The molecule has 6 heteroatoms. The van der Waals surface area contributed by atoms with Crippen LogP contribution in [-0.2, 0) is 0 Å². The van der Waals surface area contributed by atoms with Gasteiger partial charge >= 0.3 is 0 Å². The molecule has 0 radical (unpaired) electrons. The maximum atomic E-state index is 6.33. The van der Waals surface area contributed by atoms with Crippen molar-refractivity contribution >= 4 is 28.5 Å². The molecule has 0 spiro atoms. The van der Waals surface area contributed by atoms with Gasteiger partial charge in [-0.05, 0) is 19.0 Å². The summed E-state index contributed by atoms with van der Waals surface area (Å²) in [5.41, 5.74) is 2.82. The van der Waals surface area contributed by atoms with E-state index in [4.69, 9.17) is 11.6 Å². The predicted octanol–water partition coefficient (Wildman–Crippen LogP) is 3.05. The molecule has 112 valence electrons. The number of hydrogen-bond donors (Lipinski definition) is 3. The SMILES string of the molecule is Clc1cnc(N[C@H]2CCNC2)nc1-c1c[nH]c2ccccc12. The number of para-hydroxylation sites is 1. The lowest BCUT2D eigenvalue weighted by atomic mass is 10.1. The van der Waals surface area contributed by atoms with Crippen LogP contribution in [0.5, 0.6) is 0 Å². The molecule has 0 saturated carbocycles. The molecule has 1 aromatic carbocycles. The number of anilines is 1. The Morgan fingerprint density at radius 3 is 3.05 bits per heavy atom. The van der Waals surface area contributed by atoms with Gasteiger partial charge in [-0.3, -0.25) is 0 Å². The summed E-state index contributed by atoms with van der Waals surface area (Å²) in [7, 11) is 0. The number of fused-ring (bicyclic) bond motifs is 1. The molecule has 0 amide bonds. The highest BCUT2D eigenvalue weighted by atomic mass is 35.5. The second-order valence-corrected chi connectivity index (χ2v) is 5.88. The molecule has 1 saturated heterocycles. The fourth-order valence-corrected chi connectivity index (χ4v) is 3.05. The summed E-state index contributed by atoms with van der Waals surface area (Å²) in [4.78, 5) is 12.2. The highest BCUT2D eigenvalue weighted by Gasteiger charge is 2.17. The summed E-state index contributed by atoms with van der Waals surface area (Å²) in [6.07, 6.45) is 4.69. The Hall–Kier alpha value is -2.11. The van der Waals surface area contributed by atoms with Crippen molar-refractivity contribution in [3.63, 3.8) is 0 Å². The molecule has 4 rings (SSSR count). The average Bonchev–Trinajstić information content (AvgIpc) is 3.19. The minimum Gasteiger partial charge on any atom is -0.360 e. The molecule has 1 aliphatic rings. The lowest BCUT2D eigenvalue weighted by Gasteiger charge is -2.12. The quantitative estimate of drug-likeness (QED) is 0.695. The van der Waals surface area contributed by atoms with Crippen molar-refractivity contribution in [2.75, 3.05) is 18.4 Å². The Balaban J connectivity index is 1.74. The van der Waals surface area contributed by atoms with Gasteiger partial charge in [0.15, 0.2) is 0 Å². The van der Waals surface area contributed by atoms with E-state index in [1.807, 2.05) is 24.4 Å². The van der Waals surface area contributed by atoms with Crippen LogP contribution in [-0.4, -0.2) is 34.1 Å². The molecular weight excluding hydrogens is 298 g/mol. The predicted molar refractivity (Wildman–Crippen MR) is 89.2 cm³/mol. The summed E-state index contributed by atoms with van der Waals surface area (Å²) in [5.74, 6) is 0.624. The first-order chi connectivity index (χ1) is 10.8. The summed E-state index contributed by atoms with van der Waals surface area (Å²) >= 11 is 6.33. The lowest BCUT2D eigenvalue weighted by Crippen LogP contribution is -2.23. The van der Waals surface area contributed by atoms with E-state index < -0.39 is 0 Å². The van der Waals surface area contributed by atoms with E-state index in [0.29, 0.717) is 17.0 Å². The third-order valence-corrected chi connectivity index (χ3v) is 4.26. The first-order valence-corrected chi connectivity index (χ1v) is 7.75. The van der Waals surface area contributed by atoms with Crippen molar-refractivity contribution in [2.24, 2.45) is 0 Å². The highest BCUT2D eigenvalue weighted by molar-refractivity contribution is 6.33. The van der Waals surface area contributed by atoms with Gasteiger partial charge in [0.1, 0.15) is 0 Å². The molecule has 2 aromatic heterocycles. The molecular formula is C16H16ClN5. The topological polar surface area (TPSA) is 65.6 Å². The van der Waals surface area contributed by atoms with Gasteiger partial charge in [-0.1, -0.05) is 29.8 Å². The molecule has 5 nitrogen and oxygen atoms in total. The number of nitrogens with zero attached hydrogens (tertiary/aromatic N) is 2. The third-order valence-electron chi connectivity index (χ3n) is 3.98. The fourth-order valence-electron chi connectivity index (χ4n) is 2.85. The maximum absolute atomic E-state index is 6.33. The first kappa shape index (κ1) is 13.5.